The molecule has 2 aromatic rings. The molecule has 0 bridgehead atoms. The van der Waals surface area contributed by atoms with Crippen LogP contribution < -0.4 is 5.32 Å². The van der Waals surface area contributed by atoms with E-state index in [4.69, 9.17) is 0 Å². The van der Waals surface area contributed by atoms with E-state index in [-0.39, 0.29) is 5.91 Å². The summed E-state index contributed by atoms with van der Waals surface area (Å²) < 4.78 is 0. The van der Waals surface area contributed by atoms with E-state index < -0.39 is 5.41 Å². The molecule has 1 amide bonds. The van der Waals surface area contributed by atoms with Gasteiger partial charge in [-0.25, -0.2) is 4.98 Å². The lowest BCUT2D eigenvalue weighted by Gasteiger charge is -2.17. The molecule has 0 saturated heterocycles. The maximum Gasteiger partial charge on any atom is 0.246 e. The van der Waals surface area contributed by atoms with Crippen LogP contribution in [-0.4, -0.2) is 17.1 Å². The number of anilines is 1. The molecule has 23 heavy (non-hydrogen) atoms. The number of thioether (sulfide) groups is 1. The minimum atomic E-state index is -0.869. The number of hydrogen-bond acceptors (Lipinski definition) is 5. The van der Waals surface area contributed by atoms with Gasteiger partial charge in [-0.3, -0.25) is 4.79 Å². The topological polar surface area (TPSA) is 65.8 Å². The molecule has 1 fully saturated rings. The quantitative estimate of drug-likeness (QED) is 0.827. The number of carbonyl (C=O) groups excluding carboxylic acids is 1. The second-order valence-electron chi connectivity index (χ2n) is 5.62. The van der Waals surface area contributed by atoms with E-state index in [0.717, 1.165) is 24.1 Å². The van der Waals surface area contributed by atoms with Crippen LogP contribution in [0.5, 0.6) is 0 Å². The van der Waals surface area contributed by atoms with Gasteiger partial charge in [0.1, 0.15) is 5.41 Å². The SMILES string of the molecule is CSc1ccc(-c2csc(NC(=O)C3(C#N)CCCC3)n2)cc1. The first-order valence-electron chi connectivity index (χ1n) is 7.49. The van der Waals surface area contributed by atoms with Crippen LogP contribution in [-0.2, 0) is 4.79 Å². The molecule has 3 rings (SSSR count). The Balaban J connectivity index is 1.74. The fourth-order valence-electron chi connectivity index (χ4n) is 2.81. The highest BCUT2D eigenvalue weighted by atomic mass is 32.2. The highest BCUT2D eigenvalue weighted by Gasteiger charge is 2.41. The van der Waals surface area contributed by atoms with Gasteiger partial charge in [0.2, 0.25) is 5.91 Å². The van der Waals surface area contributed by atoms with E-state index in [1.165, 1.54) is 16.2 Å². The zero-order valence-corrected chi connectivity index (χ0v) is 14.5. The molecule has 1 aromatic carbocycles. The molecule has 1 aliphatic carbocycles. The van der Waals surface area contributed by atoms with Crippen LogP contribution in [0.3, 0.4) is 0 Å². The van der Waals surface area contributed by atoms with Crippen LogP contribution in [0.4, 0.5) is 5.13 Å². The standard InChI is InChI=1S/C17H17N3OS2/c1-22-13-6-4-12(5-7-13)14-10-23-16(19-14)20-15(21)17(11-18)8-2-3-9-17/h4-7,10H,2-3,8-9H2,1H3,(H,19,20,21). The van der Waals surface area contributed by atoms with Gasteiger partial charge < -0.3 is 5.32 Å². The summed E-state index contributed by atoms with van der Waals surface area (Å²) in [5.41, 5.74) is 0.997. The minimum Gasteiger partial charge on any atom is -0.301 e. The Hall–Kier alpha value is -1.84. The lowest BCUT2D eigenvalue weighted by molar-refractivity contribution is -0.122. The number of nitrogens with zero attached hydrogens (tertiary/aromatic N) is 2. The Morgan fingerprint density at radius 2 is 2.04 bits per heavy atom. The smallest absolute Gasteiger partial charge is 0.246 e. The van der Waals surface area contributed by atoms with Gasteiger partial charge in [-0.1, -0.05) is 25.0 Å². The van der Waals surface area contributed by atoms with E-state index >= 15 is 0 Å². The second-order valence-corrected chi connectivity index (χ2v) is 7.36. The normalized spacial score (nSPS) is 16.0. The molecule has 1 aromatic heterocycles. The van der Waals surface area contributed by atoms with Crippen LogP contribution in [0.25, 0.3) is 11.3 Å². The number of amides is 1. The van der Waals surface area contributed by atoms with E-state index in [0.29, 0.717) is 18.0 Å². The zero-order chi connectivity index (χ0) is 16.3. The summed E-state index contributed by atoms with van der Waals surface area (Å²) in [6, 6.07) is 10.4. The Labute approximate surface area is 143 Å². The fourth-order valence-corrected chi connectivity index (χ4v) is 3.93. The van der Waals surface area contributed by atoms with Crippen molar-refractivity contribution in [2.24, 2.45) is 5.41 Å². The summed E-state index contributed by atoms with van der Waals surface area (Å²) in [7, 11) is 0. The van der Waals surface area contributed by atoms with E-state index in [1.54, 1.807) is 11.8 Å². The number of carbonyl (C=O) groups is 1. The van der Waals surface area contributed by atoms with Crippen LogP contribution in [0.1, 0.15) is 25.7 Å². The summed E-state index contributed by atoms with van der Waals surface area (Å²) >= 11 is 3.09. The van der Waals surface area contributed by atoms with Crippen molar-refractivity contribution < 1.29 is 4.79 Å². The Kier molecular flexibility index (Phi) is 4.69. The molecule has 0 radical (unpaired) electrons. The molecule has 0 aliphatic heterocycles. The molecule has 1 saturated carbocycles. The first kappa shape index (κ1) is 16.0. The van der Waals surface area contributed by atoms with Crippen molar-refractivity contribution in [3.63, 3.8) is 0 Å². The van der Waals surface area contributed by atoms with Gasteiger partial charge in [-0.15, -0.1) is 23.1 Å². The third-order valence-electron chi connectivity index (χ3n) is 4.22. The minimum absolute atomic E-state index is 0.212. The number of benzene rings is 1. The van der Waals surface area contributed by atoms with Crippen LogP contribution in [0.2, 0.25) is 0 Å². The molecule has 1 aliphatic rings. The Morgan fingerprint density at radius 3 is 2.65 bits per heavy atom. The van der Waals surface area contributed by atoms with Crippen molar-refractivity contribution in [1.29, 1.82) is 5.26 Å². The molecule has 0 spiro atoms. The predicted molar refractivity (Wildman–Crippen MR) is 94.5 cm³/mol. The largest absolute Gasteiger partial charge is 0.301 e. The van der Waals surface area contributed by atoms with Crippen LogP contribution >= 0.6 is 23.1 Å². The van der Waals surface area contributed by atoms with Gasteiger partial charge in [0.05, 0.1) is 11.8 Å². The molecule has 6 heteroatoms. The van der Waals surface area contributed by atoms with Crippen molar-refractivity contribution in [2.45, 2.75) is 30.6 Å². The summed E-state index contributed by atoms with van der Waals surface area (Å²) in [6.07, 6.45) is 5.20. The molecule has 4 nitrogen and oxygen atoms in total. The summed E-state index contributed by atoms with van der Waals surface area (Å²) in [4.78, 5) is 18.1. The highest BCUT2D eigenvalue weighted by Crippen LogP contribution is 2.39. The maximum absolute atomic E-state index is 12.4. The van der Waals surface area contributed by atoms with Gasteiger partial charge in [-0.05, 0) is 31.2 Å². The number of hydrogen-bond donors (Lipinski definition) is 1. The van der Waals surface area contributed by atoms with Gasteiger partial charge in [0.25, 0.3) is 0 Å². The molecule has 1 heterocycles. The molecular formula is C17H17N3OS2. The van der Waals surface area contributed by atoms with Crippen molar-refractivity contribution in [3.8, 4) is 17.3 Å². The number of aromatic nitrogens is 1. The van der Waals surface area contributed by atoms with Crippen molar-refractivity contribution in [1.82, 2.24) is 4.98 Å². The first-order chi connectivity index (χ1) is 11.2. The van der Waals surface area contributed by atoms with Gasteiger partial charge in [0, 0.05) is 15.8 Å². The van der Waals surface area contributed by atoms with Gasteiger partial charge >= 0.3 is 0 Å². The first-order valence-corrected chi connectivity index (χ1v) is 9.60. The number of nitrogens with one attached hydrogen (secondary N) is 1. The van der Waals surface area contributed by atoms with Gasteiger partial charge in [-0.2, -0.15) is 5.26 Å². The van der Waals surface area contributed by atoms with E-state index in [1.807, 2.05) is 23.8 Å². The lowest BCUT2D eigenvalue weighted by Crippen LogP contribution is -2.32. The monoisotopic (exact) mass is 343 g/mol. The number of nitriles is 1. The predicted octanol–water partition coefficient (Wildman–Crippen LogP) is 4.55. The number of thiazole rings is 1. The summed E-state index contributed by atoms with van der Waals surface area (Å²) in [5, 5.41) is 14.7. The van der Waals surface area contributed by atoms with Crippen molar-refractivity contribution in [2.75, 3.05) is 11.6 Å². The summed E-state index contributed by atoms with van der Waals surface area (Å²) in [6.45, 7) is 0. The average Bonchev–Trinajstić information content (AvgIpc) is 3.25. The number of rotatable bonds is 4. The van der Waals surface area contributed by atoms with Crippen LogP contribution in [0.15, 0.2) is 34.5 Å². The van der Waals surface area contributed by atoms with Gasteiger partial charge in [0.15, 0.2) is 5.13 Å². The molecule has 118 valence electrons. The molecule has 1 N–H and O–H groups in total. The third kappa shape index (κ3) is 3.26. The Bertz CT molecular complexity index is 740. The molecule has 0 atom stereocenters. The second kappa shape index (κ2) is 6.73. The Morgan fingerprint density at radius 1 is 1.35 bits per heavy atom. The fraction of sp³-hybridized carbons (Fsp3) is 0.353. The van der Waals surface area contributed by atoms with Crippen LogP contribution in [0, 0.1) is 16.7 Å². The maximum atomic E-state index is 12.4. The average molecular weight is 343 g/mol. The molecule has 0 unspecified atom stereocenters. The van der Waals surface area contributed by atoms with Crippen molar-refractivity contribution >= 4 is 34.1 Å². The van der Waals surface area contributed by atoms with E-state index in [9.17, 15) is 10.1 Å². The summed E-state index contributed by atoms with van der Waals surface area (Å²) in [5.74, 6) is -0.212. The van der Waals surface area contributed by atoms with Crippen molar-refractivity contribution in [3.05, 3.63) is 29.6 Å². The third-order valence-corrected chi connectivity index (χ3v) is 5.72. The highest BCUT2D eigenvalue weighted by molar-refractivity contribution is 7.98. The zero-order valence-electron chi connectivity index (χ0n) is 12.8. The van der Waals surface area contributed by atoms with E-state index in [2.05, 4.69) is 28.5 Å². The molecular weight excluding hydrogens is 326 g/mol. The lowest BCUT2D eigenvalue weighted by atomic mass is 9.87.